The molecule has 1 heterocycles. The molecule has 1 saturated heterocycles. The SMILES string of the molecule is C[C@]1(C2CCN(CC(F)(F)F)CC2)C[C@H]1CCOc1cc(F)c(C(=O)NC2CC2)c(F)c1. The minimum atomic E-state index is -4.16. The fraction of sp³-hybridized carbons (Fsp3) is 0.696. The van der Waals surface area contributed by atoms with Crippen molar-refractivity contribution in [1.29, 1.82) is 0 Å². The standard InChI is InChI=1S/C23H29F5N2O2/c1-22(14-4-7-30(8-5-14)13-23(26,27)28)12-15(22)6-9-32-17-10-18(24)20(19(25)11-17)21(31)29-16-2-3-16/h10-11,14-16H,2-9,12-13H2,1H3,(H,29,31)/t15-,22-/m1/s1. The Morgan fingerprint density at radius 1 is 1.16 bits per heavy atom. The first kappa shape index (κ1) is 23.3. The molecule has 32 heavy (non-hydrogen) atoms. The van der Waals surface area contributed by atoms with Crippen molar-refractivity contribution in [2.75, 3.05) is 26.2 Å². The number of benzene rings is 1. The van der Waals surface area contributed by atoms with Gasteiger partial charge in [0.2, 0.25) is 0 Å². The van der Waals surface area contributed by atoms with Gasteiger partial charge < -0.3 is 10.1 Å². The molecule has 1 amide bonds. The highest BCUT2D eigenvalue weighted by molar-refractivity contribution is 5.95. The van der Waals surface area contributed by atoms with E-state index in [1.807, 2.05) is 0 Å². The normalized spacial score (nSPS) is 26.8. The molecule has 1 aromatic carbocycles. The van der Waals surface area contributed by atoms with Gasteiger partial charge in [0, 0.05) is 18.2 Å². The maximum absolute atomic E-state index is 14.3. The Morgan fingerprint density at radius 2 is 1.78 bits per heavy atom. The number of rotatable bonds is 8. The first-order valence-electron chi connectivity index (χ1n) is 11.3. The summed E-state index contributed by atoms with van der Waals surface area (Å²) in [6, 6.07) is 2.07. The van der Waals surface area contributed by atoms with E-state index in [9.17, 15) is 26.7 Å². The van der Waals surface area contributed by atoms with Gasteiger partial charge in [0.15, 0.2) is 0 Å². The van der Waals surface area contributed by atoms with E-state index in [-0.39, 0.29) is 17.2 Å². The molecule has 178 valence electrons. The van der Waals surface area contributed by atoms with Gasteiger partial charge >= 0.3 is 6.18 Å². The Bertz CT molecular complexity index is 826. The summed E-state index contributed by atoms with van der Waals surface area (Å²) in [6.45, 7) is 2.54. The molecule has 2 aliphatic carbocycles. The van der Waals surface area contributed by atoms with Crippen molar-refractivity contribution in [3.8, 4) is 5.75 Å². The molecule has 4 rings (SSSR count). The highest BCUT2D eigenvalue weighted by atomic mass is 19.4. The maximum Gasteiger partial charge on any atom is 0.401 e. The Hall–Kier alpha value is -1.90. The number of nitrogens with zero attached hydrogens (tertiary/aromatic N) is 1. The van der Waals surface area contributed by atoms with Gasteiger partial charge in [-0.3, -0.25) is 9.69 Å². The van der Waals surface area contributed by atoms with E-state index in [0.717, 1.165) is 44.2 Å². The van der Waals surface area contributed by atoms with E-state index in [4.69, 9.17) is 4.74 Å². The molecule has 3 aliphatic rings. The summed E-state index contributed by atoms with van der Waals surface area (Å²) < 4.78 is 71.8. The number of likely N-dealkylation sites (tertiary alicyclic amines) is 1. The first-order chi connectivity index (χ1) is 15.0. The lowest BCUT2D eigenvalue weighted by molar-refractivity contribution is -0.149. The van der Waals surface area contributed by atoms with Crippen molar-refractivity contribution in [3.05, 3.63) is 29.3 Å². The first-order valence-corrected chi connectivity index (χ1v) is 11.3. The number of nitrogens with one attached hydrogen (secondary N) is 1. The number of hydrogen-bond acceptors (Lipinski definition) is 3. The second kappa shape index (κ2) is 8.80. The van der Waals surface area contributed by atoms with Gasteiger partial charge in [0.25, 0.3) is 5.91 Å². The van der Waals surface area contributed by atoms with Gasteiger partial charge in [0.1, 0.15) is 22.9 Å². The highest BCUT2D eigenvalue weighted by Gasteiger charge is 2.54. The van der Waals surface area contributed by atoms with E-state index in [1.165, 1.54) is 4.90 Å². The fourth-order valence-corrected chi connectivity index (χ4v) is 5.06. The summed E-state index contributed by atoms with van der Waals surface area (Å²) in [6.07, 6.45) is 0.700. The van der Waals surface area contributed by atoms with Crippen LogP contribution in [0, 0.1) is 28.9 Å². The van der Waals surface area contributed by atoms with Crippen LogP contribution in [0.1, 0.15) is 55.8 Å². The Morgan fingerprint density at radius 3 is 2.34 bits per heavy atom. The zero-order chi connectivity index (χ0) is 23.1. The summed E-state index contributed by atoms with van der Waals surface area (Å²) in [5.41, 5.74) is -0.495. The van der Waals surface area contributed by atoms with E-state index in [1.54, 1.807) is 0 Å². The lowest BCUT2D eigenvalue weighted by Crippen LogP contribution is -2.41. The minimum Gasteiger partial charge on any atom is -0.493 e. The lowest BCUT2D eigenvalue weighted by atomic mass is 9.81. The van der Waals surface area contributed by atoms with Gasteiger partial charge in [-0.1, -0.05) is 6.92 Å². The molecular formula is C23H29F5N2O2. The van der Waals surface area contributed by atoms with Crippen molar-refractivity contribution in [2.24, 2.45) is 17.3 Å². The van der Waals surface area contributed by atoms with Crippen LogP contribution in [0.5, 0.6) is 5.75 Å². The smallest absolute Gasteiger partial charge is 0.401 e. The van der Waals surface area contributed by atoms with Crippen LogP contribution < -0.4 is 10.1 Å². The molecule has 0 radical (unpaired) electrons. The van der Waals surface area contributed by atoms with E-state index in [2.05, 4.69) is 12.2 Å². The van der Waals surface area contributed by atoms with Crippen LogP contribution in [-0.2, 0) is 0 Å². The molecule has 9 heteroatoms. The van der Waals surface area contributed by atoms with Crippen molar-refractivity contribution in [3.63, 3.8) is 0 Å². The lowest BCUT2D eigenvalue weighted by Gasteiger charge is -2.36. The third kappa shape index (κ3) is 5.53. The summed E-state index contributed by atoms with van der Waals surface area (Å²) in [4.78, 5) is 13.4. The molecule has 0 spiro atoms. The van der Waals surface area contributed by atoms with Crippen LogP contribution in [0.2, 0.25) is 0 Å². The van der Waals surface area contributed by atoms with Crippen molar-refractivity contribution in [1.82, 2.24) is 10.2 Å². The largest absolute Gasteiger partial charge is 0.493 e. The number of carbonyl (C=O) groups excluding carboxylic acids is 1. The topological polar surface area (TPSA) is 41.6 Å². The van der Waals surface area contributed by atoms with E-state index < -0.39 is 35.8 Å². The number of amides is 1. The highest BCUT2D eigenvalue weighted by Crippen LogP contribution is 2.61. The number of halogens is 5. The van der Waals surface area contributed by atoms with Crippen molar-refractivity contribution in [2.45, 2.75) is 57.7 Å². The third-order valence-electron chi connectivity index (χ3n) is 7.27. The van der Waals surface area contributed by atoms with Crippen molar-refractivity contribution >= 4 is 5.91 Å². The predicted octanol–water partition coefficient (Wildman–Crippen LogP) is 4.93. The number of alkyl halides is 3. The number of carbonyl (C=O) groups is 1. The zero-order valence-corrected chi connectivity index (χ0v) is 18.1. The van der Waals surface area contributed by atoms with Crippen LogP contribution in [0.15, 0.2) is 12.1 Å². The molecule has 0 unspecified atom stereocenters. The summed E-state index contributed by atoms with van der Waals surface area (Å²) in [5.74, 6) is -1.81. The van der Waals surface area contributed by atoms with Crippen LogP contribution >= 0.6 is 0 Å². The maximum atomic E-state index is 14.3. The van der Waals surface area contributed by atoms with Gasteiger partial charge in [-0.05, 0) is 68.9 Å². The van der Waals surface area contributed by atoms with E-state index >= 15 is 0 Å². The molecule has 0 aromatic heterocycles. The number of piperidine rings is 1. The monoisotopic (exact) mass is 460 g/mol. The van der Waals surface area contributed by atoms with Gasteiger partial charge in [-0.2, -0.15) is 13.2 Å². The molecule has 1 aromatic rings. The molecule has 1 N–H and O–H groups in total. The molecule has 1 aliphatic heterocycles. The fourth-order valence-electron chi connectivity index (χ4n) is 5.06. The average Bonchev–Trinajstić information content (AvgIpc) is 3.60. The summed E-state index contributed by atoms with van der Waals surface area (Å²) >= 11 is 0. The molecule has 4 nitrogen and oxygen atoms in total. The van der Waals surface area contributed by atoms with Gasteiger partial charge in [-0.15, -0.1) is 0 Å². The summed E-state index contributed by atoms with van der Waals surface area (Å²) in [5, 5.41) is 2.57. The minimum absolute atomic E-state index is 0.00181. The second-order valence-corrected chi connectivity index (χ2v) is 9.72. The Kier molecular flexibility index (Phi) is 6.40. The predicted molar refractivity (Wildman–Crippen MR) is 108 cm³/mol. The number of hydrogen-bond donors (Lipinski definition) is 1. The quantitative estimate of drug-likeness (QED) is 0.560. The van der Waals surface area contributed by atoms with Crippen molar-refractivity contribution < 1.29 is 31.5 Å². The van der Waals surface area contributed by atoms with Crippen LogP contribution in [0.3, 0.4) is 0 Å². The molecular weight excluding hydrogens is 431 g/mol. The molecule has 0 bridgehead atoms. The van der Waals surface area contributed by atoms with Crippen LogP contribution in [0.4, 0.5) is 22.0 Å². The van der Waals surface area contributed by atoms with Crippen LogP contribution in [-0.4, -0.2) is 49.3 Å². The van der Waals surface area contributed by atoms with Gasteiger partial charge in [0.05, 0.1) is 13.2 Å². The second-order valence-electron chi connectivity index (χ2n) is 9.72. The Labute approximate surface area is 184 Å². The zero-order valence-electron chi connectivity index (χ0n) is 18.1. The Balaban J connectivity index is 1.23. The van der Waals surface area contributed by atoms with Crippen LogP contribution in [0.25, 0.3) is 0 Å². The third-order valence-corrected chi connectivity index (χ3v) is 7.27. The average molecular weight is 460 g/mol. The molecule has 2 saturated carbocycles. The summed E-state index contributed by atoms with van der Waals surface area (Å²) in [7, 11) is 0. The molecule has 2 atom stereocenters. The van der Waals surface area contributed by atoms with Gasteiger partial charge in [-0.25, -0.2) is 8.78 Å². The molecule has 3 fully saturated rings. The number of ether oxygens (including phenoxy) is 1. The van der Waals surface area contributed by atoms with E-state index in [0.29, 0.717) is 38.0 Å².